The van der Waals surface area contributed by atoms with Gasteiger partial charge in [-0.05, 0) is 24.6 Å². The number of hydrogen-bond donors (Lipinski definition) is 0. The molecule has 0 atom stereocenters. The molecule has 0 unspecified atom stereocenters. The van der Waals surface area contributed by atoms with Crippen LogP contribution in [0.5, 0.6) is 0 Å². The van der Waals surface area contributed by atoms with E-state index < -0.39 is 0 Å². The number of thiophene rings is 1. The predicted molar refractivity (Wildman–Crippen MR) is 97.6 cm³/mol. The summed E-state index contributed by atoms with van der Waals surface area (Å²) in [7, 11) is 0. The maximum atomic E-state index is 12.4. The zero-order valence-corrected chi connectivity index (χ0v) is 15.1. The highest BCUT2D eigenvalue weighted by Crippen LogP contribution is 2.18. The van der Waals surface area contributed by atoms with Gasteiger partial charge in [-0.2, -0.15) is 0 Å². The average Bonchev–Trinajstić information content (AvgIpc) is 3.08. The summed E-state index contributed by atoms with van der Waals surface area (Å²) in [6.45, 7) is 4.76. The van der Waals surface area contributed by atoms with Crippen molar-refractivity contribution in [1.29, 1.82) is 0 Å². The molecule has 1 aromatic heterocycles. The fourth-order valence-electron chi connectivity index (χ4n) is 2.79. The zero-order chi connectivity index (χ0) is 17.6. The number of carbonyl (C=O) groups is 2. The molecule has 0 bridgehead atoms. The summed E-state index contributed by atoms with van der Waals surface area (Å²) in [6, 6.07) is 13.6. The summed E-state index contributed by atoms with van der Waals surface area (Å²) in [6.07, 6.45) is 0. The fraction of sp³-hybridized carbons (Fsp3) is 0.368. The number of benzene rings is 1. The highest BCUT2D eigenvalue weighted by molar-refractivity contribution is 7.13. The van der Waals surface area contributed by atoms with E-state index in [1.54, 1.807) is 4.90 Å². The molecule has 1 fully saturated rings. The second kappa shape index (κ2) is 8.27. The highest BCUT2D eigenvalue weighted by Gasteiger charge is 2.25. The third kappa shape index (κ3) is 4.67. The minimum atomic E-state index is -0.0185. The second-order valence-corrected chi connectivity index (χ2v) is 7.35. The molecule has 0 aliphatic carbocycles. The quantitative estimate of drug-likeness (QED) is 0.825. The van der Waals surface area contributed by atoms with Crippen LogP contribution >= 0.6 is 11.3 Å². The Morgan fingerprint density at radius 2 is 1.68 bits per heavy atom. The van der Waals surface area contributed by atoms with Gasteiger partial charge in [0.1, 0.15) is 6.61 Å². The van der Waals surface area contributed by atoms with Crippen molar-refractivity contribution < 1.29 is 14.3 Å². The molecule has 2 heterocycles. The summed E-state index contributed by atoms with van der Waals surface area (Å²) in [5.41, 5.74) is 1.05. The molecule has 0 radical (unpaired) electrons. The Labute approximate surface area is 151 Å². The first-order valence-corrected chi connectivity index (χ1v) is 9.20. The van der Waals surface area contributed by atoms with Gasteiger partial charge < -0.3 is 14.5 Å². The fourth-order valence-corrected chi connectivity index (χ4v) is 3.62. The van der Waals surface area contributed by atoms with E-state index in [0.29, 0.717) is 32.8 Å². The van der Waals surface area contributed by atoms with Crippen molar-refractivity contribution in [3.05, 3.63) is 57.8 Å². The molecule has 5 nitrogen and oxygen atoms in total. The smallest absolute Gasteiger partial charge is 0.264 e. The van der Waals surface area contributed by atoms with E-state index in [1.165, 1.54) is 11.3 Å². The first-order chi connectivity index (χ1) is 12.1. The molecule has 1 aliphatic rings. The summed E-state index contributed by atoms with van der Waals surface area (Å²) in [5.74, 6) is 0.0422. The molecule has 2 amide bonds. The molecule has 6 heteroatoms. The van der Waals surface area contributed by atoms with Crippen LogP contribution in [0.3, 0.4) is 0 Å². The predicted octanol–water partition coefficient (Wildman–Crippen LogP) is 2.56. The maximum Gasteiger partial charge on any atom is 0.264 e. The second-order valence-electron chi connectivity index (χ2n) is 6.06. The summed E-state index contributed by atoms with van der Waals surface area (Å²) < 4.78 is 5.51. The SMILES string of the molecule is Cc1ccc(C(=O)N2CCN(C(=O)COCc3ccccc3)CC2)s1. The van der Waals surface area contributed by atoms with Gasteiger partial charge in [0.2, 0.25) is 5.91 Å². The van der Waals surface area contributed by atoms with Crippen LogP contribution in [0, 0.1) is 6.92 Å². The number of aryl methyl sites for hydroxylation is 1. The van der Waals surface area contributed by atoms with E-state index in [0.717, 1.165) is 15.3 Å². The molecule has 1 aliphatic heterocycles. The van der Waals surface area contributed by atoms with E-state index in [4.69, 9.17) is 4.74 Å². The lowest BCUT2D eigenvalue weighted by atomic mass is 10.2. The van der Waals surface area contributed by atoms with Crippen LogP contribution < -0.4 is 0 Å². The number of nitrogens with zero attached hydrogens (tertiary/aromatic N) is 2. The van der Waals surface area contributed by atoms with E-state index in [2.05, 4.69) is 0 Å². The number of piperazine rings is 1. The first kappa shape index (κ1) is 17.6. The van der Waals surface area contributed by atoms with Crippen molar-refractivity contribution in [1.82, 2.24) is 9.80 Å². The van der Waals surface area contributed by atoms with Crippen LogP contribution in [0.1, 0.15) is 20.1 Å². The Hall–Kier alpha value is -2.18. The van der Waals surface area contributed by atoms with Crippen molar-refractivity contribution in [3.8, 4) is 0 Å². The van der Waals surface area contributed by atoms with Crippen LogP contribution in [-0.2, 0) is 16.1 Å². The molecule has 3 rings (SSSR count). The Morgan fingerprint density at radius 1 is 1.00 bits per heavy atom. The van der Waals surface area contributed by atoms with Gasteiger partial charge in [-0.3, -0.25) is 9.59 Å². The van der Waals surface area contributed by atoms with Crippen molar-refractivity contribution >= 4 is 23.2 Å². The summed E-state index contributed by atoms with van der Waals surface area (Å²) in [4.78, 5) is 30.2. The van der Waals surface area contributed by atoms with Gasteiger partial charge in [-0.1, -0.05) is 30.3 Å². The van der Waals surface area contributed by atoms with Crippen LogP contribution in [0.25, 0.3) is 0 Å². The van der Waals surface area contributed by atoms with Crippen LogP contribution in [0.4, 0.5) is 0 Å². The van der Waals surface area contributed by atoms with Gasteiger partial charge in [0.05, 0.1) is 11.5 Å². The van der Waals surface area contributed by atoms with E-state index >= 15 is 0 Å². The Morgan fingerprint density at radius 3 is 2.32 bits per heavy atom. The van der Waals surface area contributed by atoms with E-state index in [9.17, 15) is 9.59 Å². The van der Waals surface area contributed by atoms with Gasteiger partial charge in [0, 0.05) is 31.1 Å². The standard InChI is InChI=1S/C19H22N2O3S/c1-15-7-8-17(25-15)19(23)21-11-9-20(10-12-21)18(22)14-24-13-16-5-3-2-4-6-16/h2-8H,9-14H2,1H3. The highest BCUT2D eigenvalue weighted by atomic mass is 32.1. The lowest BCUT2D eigenvalue weighted by Gasteiger charge is -2.34. The number of amides is 2. The summed E-state index contributed by atoms with van der Waals surface area (Å²) in [5, 5.41) is 0. The van der Waals surface area contributed by atoms with Gasteiger partial charge in [0.15, 0.2) is 0 Å². The third-order valence-corrected chi connectivity index (χ3v) is 5.20. The van der Waals surface area contributed by atoms with Gasteiger partial charge in [-0.15, -0.1) is 11.3 Å². The molecular formula is C19H22N2O3S. The van der Waals surface area contributed by atoms with E-state index in [-0.39, 0.29) is 18.4 Å². The van der Waals surface area contributed by atoms with Crippen LogP contribution in [0.15, 0.2) is 42.5 Å². The number of hydrogen-bond acceptors (Lipinski definition) is 4. The van der Waals surface area contributed by atoms with Gasteiger partial charge in [-0.25, -0.2) is 0 Å². The Kier molecular flexibility index (Phi) is 5.83. The first-order valence-electron chi connectivity index (χ1n) is 8.38. The molecule has 0 saturated carbocycles. The number of rotatable bonds is 5. The monoisotopic (exact) mass is 358 g/mol. The molecule has 25 heavy (non-hydrogen) atoms. The molecule has 1 aromatic carbocycles. The molecule has 2 aromatic rings. The van der Waals surface area contributed by atoms with Crippen LogP contribution in [-0.4, -0.2) is 54.4 Å². The topological polar surface area (TPSA) is 49.9 Å². The molecule has 0 N–H and O–H groups in total. The largest absolute Gasteiger partial charge is 0.367 e. The minimum Gasteiger partial charge on any atom is -0.367 e. The normalized spacial score (nSPS) is 14.6. The lowest BCUT2D eigenvalue weighted by molar-refractivity contribution is -0.138. The molecule has 1 saturated heterocycles. The van der Waals surface area contributed by atoms with Crippen molar-refractivity contribution in [2.45, 2.75) is 13.5 Å². The average molecular weight is 358 g/mol. The van der Waals surface area contributed by atoms with Gasteiger partial charge in [0.25, 0.3) is 5.91 Å². The Bertz CT molecular complexity index is 721. The Balaban J connectivity index is 1.42. The molecular weight excluding hydrogens is 336 g/mol. The van der Waals surface area contributed by atoms with E-state index in [1.807, 2.05) is 54.3 Å². The maximum absolute atomic E-state index is 12.4. The van der Waals surface area contributed by atoms with Crippen molar-refractivity contribution in [2.75, 3.05) is 32.8 Å². The minimum absolute atomic E-state index is 0.0185. The lowest BCUT2D eigenvalue weighted by Crippen LogP contribution is -2.51. The molecule has 0 spiro atoms. The zero-order valence-electron chi connectivity index (χ0n) is 14.3. The third-order valence-electron chi connectivity index (χ3n) is 4.21. The number of carbonyl (C=O) groups excluding carboxylic acids is 2. The van der Waals surface area contributed by atoms with Crippen LogP contribution in [0.2, 0.25) is 0 Å². The molecule has 132 valence electrons. The van der Waals surface area contributed by atoms with Crippen molar-refractivity contribution in [2.24, 2.45) is 0 Å². The van der Waals surface area contributed by atoms with Gasteiger partial charge >= 0.3 is 0 Å². The summed E-state index contributed by atoms with van der Waals surface area (Å²) >= 11 is 1.51. The number of ether oxygens (including phenoxy) is 1. The van der Waals surface area contributed by atoms with Crippen molar-refractivity contribution in [3.63, 3.8) is 0 Å².